The maximum absolute atomic E-state index is 12.4. The highest BCUT2D eigenvalue weighted by Crippen LogP contribution is 2.27. The smallest absolute Gasteiger partial charge is 0.179 e. The van der Waals surface area contributed by atoms with E-state index < -0.39 is 9.84 Å². The van der Waals surface area contributed by atoms with Crippen molar-refractivity contribution >= 4 is 25.8 Å². The van der Waals surface area contributed by atoms with Gasteiger partial charge in [0.05, 0.1) is 10.6 Å². The van der Waals surface area contributed by atoms with Crippen molar-refractivity contribution in [3.63, 3.8) is 0 Å². The van der Waals surface area contributed by atoms with E-state index in [0.29, 0.717) is 11.4 Å². The van der Waals surface area contributed by atoms with Crippen LogP contribution in [0.4, 0.5) is 0 Å². The van der Waals surface area contributed by atoms with Crippen molar-refractivity contribution in [2.24, 2.45) is 11.1 Å². The number of likely N-dealkylation sites (tertiary alicyclic amines) is 1. The van der Waals surface area contributed by atoms with E-state index in [2.05, 4.69) is 34.7 Å². The van der Waals surface area contributed by atoms with Gasteiger partial charge in [0.2, 0.25) is 0 Å². The van der Waals surface area contributed by atoms with Crippen LogP contribution in [0.15, 0.2) is 33.6 Å². The number of hydrogen-bond donors (Lipinski definition) is 1. The summed E-state index contributed by atoms with van der Waals surface area (Å²) in [7, 11) is -3.24. The highest BCUT2D eigenvalue weighted by atomic mass is 79.9. The van der Waals surface area contributed by atoms with Gasteiger partial charge in [-0.25, -0.2) is 8.42 Å². The minimum Gasteiger partial charge on any atom is -0.327 e. The molecule has 1 unspecified atom stereocenters. The largest absolute Gasteiger partial charge is 0.327 e. The fraction of sp³-hybridized carbons (Fsp3) is 0.600. The molecule has 1 aromatic carbocycles. The summed E-state index contributed by atoms with van der Waals surface area (Å²) in [6.07, 6.45) is 0.921. The molecule has 0 bridgehead atoms. The first kappa shape index (κ1) is 16.9. The van der Waals surface area contributed by atoms with Crippen LogP contribution in [-0.4, -0.2) is 44.7 Å². The topological polar surface area (TPSA) is 63.4 Å². The average Bonchev–Trinajstić information content (AvgIpc) is 2.40. The Morgan fingerprint density at radius 1 is 1.43 bits per heavy atom. The van der Waals surface area contributed by atoms with E-state index in [1.54, 1.807) is 18.2 Å². The Kier molecular flexibility index (Phi) is 5.13. The van der Waals surface area contributed by atoms with Crippen molar-refractivity contribution in [1.29, 1.82) is 0 Å². The maximum Gasteiger partial charge on any atom is 0.179 e. The zero-order valence-electron chi connectivity index (χ0n) is 12.5. The molecular weight excluding hydrogens is 352 g/mol. The van der Waals surface area contributed by atoms with Gasteiger partial charge in [-0.15, -0.1) is 0 Å². The minimum atomic E-state index is -3.24. The predicted octanol–water partition coefficient (Wildman–Crippen LogP) is 2.28. The molecule has 1 aromatic rings. The molecule has 0 aromatic heterocycles. The van der Waals surface area contributed by atoms with Crippen molar-refractivity contribution in [3.05, 3.63) is 28.7 Å². The Hall–Kier alpha value is -0.430. The summed E-state index contributed by atoms with van der Waals surface area (Å²) in [4.78, 5) is 2.59. The molecule has 0 radical (unpaired) electrons. The quantitative estimate of drug-likeness (QED) is 0.877. The van der Waals surface area contributed by atoms with E-state index >= 15 is 0 Å². The zero-order valence-corrected chi connectivity index (χ0v) is 15.0. The van der Waals surface area contributed by atoms with Crippen molar-refractivity contribution < 1.29 is 8.42 Å². The van der Waals surface area contributed by atoms with Gasteiger partial charge >= 0.3 is 0 Å². The van der Waals surface area contributed by atoms with Crippen molar-refractivity contribution in [1.82, 2.24) is 4.90 Å². The lowest BCUT2D eigenvalue weighted by Gasteiger charge is -2.42. The predicted molar refractivity (Wildman–Crippen MR) is 89.0 cm³/mol. The van der Waals surface area contributed by atoms with Gasteiger partial charge < -0.3 is 10.6 Å². The summed E-state index contributed by atoms with van der Waals surface area (Å²) in [5.74, 6) is 0.148. The summed E-state index contributed by atoms with van der Waals surface area (Å²) in [6, 6.07) is 7.07. The van der Waals surface area contributed by atoms with E-state index in [0.717, 1.165) is 24.0 Å². The molecule has 0 aliphatic carbocycles. The summed E-state index contributed by atoms with van der Waals surface area (Å²) in [5, 5.41) is 0. The molecule has 21 heavy (non-hydrogen) atoms. The molecule has 1 aliphatic rings. The van der Waals surface area contributed by atoms with Crippen LogP contribution in [0.3, 0.4) is 0 Å². The third-order valence-electron chi connectivity index (χ3n) is 4.22. The van der Waals surface area contributed by atoms with Gasteiger partial charge in [-0.2, -0.15) is 0 Å². The minimum absolute atomic E-state index is 0.0395. The number of rotatable bonds is 4. The molecule has 118 valence electrons. The van der Waals surface area contributed by atoms with Gasteiger partial charge in [-0.1, -0.05) is 35.8 Å². The van der Waals surface area contributed by atoms with Gasteiger partial charge in [0, 0.05) is 23.6 Å². The molecule has 6 heteroatoms. The molecule has 2 N–H and O–H groups in total. The van der Waals surface area contributed by atoms with E-state index in [9.17, 15) is 8.42 Å². The number of benzene rings is 1. The Morgan fingerprint density at radius 3 is 2.76 bits per heavy atom. The lowest BCUT2D eigenvalue weighted by molar-refractivity contribution is 0.101. The molecule has 0 spiro atoms. The molecule has 1 saturated heterocycles. The molecule has 1 atom stereocenters. The van der Waals surface area contributed by atoms with Gasteiger partial charge in [0.15, 0.2) is 9.84 Å². The standard InChI is InChI=1S/C15H23BrN2O2S/c1-15(2)11-18(7-6-14(15)17)8-9-21(19,20)13-5-3-4-12(16)10-13/h3-5,10,14H,6-9,11,17H2,1-2H3. The fourth-order valence-corrected chi connectivity index (χ4v) is 4.58. The maximum atomic E-state index is 12.4. The van der Waals surface area contributed by atoms with Gasteiger partial charge in [-0.05, 0) is 36.6 Å². The van der Waals surface area contributed by atoms with Crippen LogP contribution in [0.2, 0.25) is 0 Å². The van der Waals surface area contributed by atoms with Crippen LogP contribution in [0.5, 0.6) is 0 Å². The molecule has 1 heterocycles. The third-order valence-corrected chi connectivity index (χ3v) is 6.41. The highest BCUT2D eigenvalue weighted by molar-refractivity contribution is 9.10. The SMILES string of the molecule is CC1(C)CN(CCS(=O)(=O)c2cccc(Br)c2)CCC1N. The Balaban J connectivity index is 2.00. The third kappa shape index (κ3) is 4.28. The van der Waals surface area contributed by atoms with Crippen LogP contribution in [0.1, 0.15) is 20.3 Å². The first-order valence-corrected chi connectivity index (χ1v) is 9.61. The average molecular weight is 375 g/mol. The number of halogens is 1. The van der Waals surface area contributed by atoms with Crippen LogP contribution in [-0.2, 0) is 9.84 Å². The van der Waals surface area contributed by atoms with Crippen molar-refractivity contribution in [2.45, 2.75) is 31.2 Å². The van der Waals surface area contributed by atoms with E-state index in [1.165, 1.54) is 0 Å². The fourth-order valence-electron chi connectivity index (χ4n) is 2.70. The Morgan fingerprint density at radius 2 is 2.14 bits per heavy atom. The molecule has 4 nitrogen and oxygen atoms in total. The molecule has 0 saturated carbocycles. The second-order valence-electron chi connectivity index (χ2n) is 6.44. The monoisotopic (exact) mass is 374 g/mol. The molecule has 1 aliphatic heterocycles. The molecule has 0 amide bonds. The van der Waals surface area contributed by atoms with Gasteiger partial charge in [0.1, 0.15) is 0 Å². The van der Waals surface area contributed by atoms with Gasteiger partial charge in [-0.3, -0.25) is 0 Å². The van der Waals surface area contributed by atoms with Crippen LogP contribution < -0.4 is 5.73 Å². The van der Waals surface area contributed by atoms with Crippen molar-refractivity contribution in [3.8, 4) is 0 Å². The number of nitrogens with zero attached hydrogens (tertiary/aromatic N) is 1. The molecule has 1 fully saturated rings. The number of sulfone groups is 1. The molecule has 2 rings (SSSR count). The first-order valence-electron chi connectivity index (χ1n) is 7.17. The number of hydrogen-bond acceptors (Lipinski definition) is 4. The first-order chi connectivity index (χ1) is 9.71. The van der Waals surface area contributed by atoms with Gasteiger partial charge in [0.25, 0.3) is 0 Å². The Bertz CT molecular complexity index is 601. The second-order valence-corrected chi connectivity index (χ2v) is 9.46. The van der Waals surface area contributed by atoms with E-state index in [4.69, 9.17) is 5.73 Å². The summed E-state index contributed by atoms with van der Waals surface area (Å²) < 4.78 is 25.5. The number of piperidine rings is 1. The zero-order chi connectivity index (χ0) is 15.7. The normalized spacial score (nSPS) is 23.1. The van der Waals surface area contributed by atoms with E-state index in [1.807, 2.05) is 6.07 Å². The number of nitrogens with two attached hydrogens (primary N) is 1. The summed E-state index contributed by atoms with van der Waals surface area (Å²) in [5.41, 5.74) is 6.15. The lowest BCUT2D eigenvalue weighted by Crippen LogP contribution is -2.53. The van der Waals surface area contributed by atoms with E-state index in [-0.39, 0.29) is 17.2 Å². The highest BCUT2D eigenvalue weighted by Gasteiger charge is 2.33. The van der Waals surface area contributed by atoms with Crippen LogP contribution >= 0.6 is 15.9 Å². The second kappa shape index (κ2) is 6.36. The molecular formula is C15H23BrN2O2S. The summed E-state index contributed by atoms with van der Waals surface area (Å²) in [6.45, 7) is 6.57. The van der Waals surface area contributed by atoms with Crippen molar-refractivity contribution in [2.75, 3.05) is 25.4 Å². The Labute approximate surface area is 135 Å². The lowest BCUT2D eigenvalue weighted by atomic mass is 9.80. The summed E-state index contributed by atoms with van der Waals surface area (Å²) >= 11 is 3.32. The van der Waals surface area contributed by atoms with Crippen LogP contribution in [0.25, 0.3) is 0 Å². The van der Waals surface area contributed by atoms with Crippen LogP contribution in [0, 0.1) is 5.41 Å².